The van der Waals surface area contributed by atoms with Crippen LogP contribution in [0.5, 0.6) is 0 Å². The first-order chi connectivity index (χ1) is 31.2. The van der Waals surface area contributed by atoms with Gasteiger partial charge in [-0.1, -0.05) is 103 Å². The fraction of sp³-hybridized carbons (Fsp3) is 0.0345. The average Bonchev–Trinajstić information content (AvgIpc) is 4.02. The van der Waals surface area contributed by atoms with E-state index in [-0.39, 0.29) is 5.92 Å². The van der Waals surface area contributed by atoms with Crippen molar-refractivity contribution < 1.29 is 4.42 Å². The topological polar surface area (TPSA) is 43.9 Å². The van der Waals surface area contributed by atoms with Crippen LogP contribution in [0.3, 0.4) is 0 Å². The Bertz CT molecular complexity index is 3780. The second-order valence-electron chi connectivity index (χ2n) is 16.5. The molecule has 12 aromatic rings. The molecule has 5 heteroatoms. The molecule has 296 valence electrons. The molecule has 5 aromatic heterocycles. The summed E-state index contributed by atoms with van der Waals surface area (Å²) in [5.74, 6) is 1.15. The highest BCUT2D eigenvalue weighted by Crippen LogP contribution is 2.43. The van der Waals surface area contributed by atoms with Crippen molar-refractivity contribution in [3.05, 3.63) is 217 Å². The Morgan fingerprint density at radius 1 is 0.492 bits per heavy atom. The van der Waals surface area contributed by atoms with Gasteiger partial charge in [0.15, 0.2) is 0 Å². The van der Waals surface area contributed by atoms with Crippen molar-refractivity contribution in [3.8, 4) is 50.5 Å². The molecule has 0 aliphatic heterocycles. The highest BCUT2D eigenvalue weighted by atomic mass is 32.1. The maximum Gasteiger partial charge on any atom is 0.135 e. The number of allylic oxidation sites excluding steroid dienone is 1. The molecule has 63 heavy (non-hydrogen) atoms. The van der Waals surface area contributed by atoms with Gasteiger partial charge < -0.3 is 8.98 Å². The minimum absolute atomic E-state index is 0.203. The lowest BCUT2D eigenvalue weighted by atomic mass is 9.84. The smallest absolute Gasteiger partial charge is 0.135 e. The Balaban J connectivity index is 0.890. The SMILES string of the molecule is C1=CC(c2ccccc2-c2ccccn2)Cc2c1oc1ccc(-n3c4ccccc4c4cc(-c5ccc6sc7ccc(-c8ccccc8-c8ccccn8)cc7c6c5)ccc43)cc21. The number of nitrogens with zero attached hydrogens (tertiary/aromatic N) is 3. The van der Waals surface area contributed by atoms with Crippen LogP contribution in [-0.2, 0) is 6.42 Å². The van der Waals surface area contributed by atoms with E-state index >= 15 is 0 Å². The van der Waals surface area contributed by atoms with Crippen molar-refractivity contribution in [3.63, 3.8) is 0 Å². The molecule has 0 bridgehead atoms. The zero-order valence-corrected chi connectivity index (χ0v) is 34.9. The molecule has 0 radical (unpaired) electrons. The first-order valence-corrected chi connectivity index (χ1v) is 22.3. The average molecular weight is 824 g/mol. The number of furan rings is 1. The summed E-state index contributed by atoms with van der Waals surface area (Å²) in [6.45, 7) is 0. The number of hydrogen-bond acceptors (Lipinski definition) is 4. The molecule has 13 rings (SSSR count). The molecular formula is C58H37N3OS. The number of fused-ring (bicyclic) bond motifs is 9. The molecule has 0 fully saturated rings. The summed E-state index contributed by atoms with van der Waals surface area (Å²) in [6.07, 6.45) is 9.04. The molecule has 0 N–H and O–H groups in total. The number of benzene rings is 7. The largest absolute Gasteiger partial charge is 0.456 e. The normalized spacial score (nSPS) is 13.7. The quantitative estimate of drug-likeness (QED) is 0.168. The summed E-state index contributed by atoms with van der Waals surface area (Å²) in [6, 6.07) is 65.7. The van der Waals surface area contributed by atoms with Crippen molar-refractivity contribution in [2.45, 2.75) is 12.3 Å². The monoisotopic (exact) mass is 823 g/mol. The zero-order valence-electron chi connectivity index (χ0n) is 34.1. The van der Waals surface area contributed by atoms with Crippen LogP contribution in [-0.4, -0.2) is 14.5 Å². The Kier molecular flexibility index (Phi) is 8.18. The molecule has 0 spiro atoms. The Morgan fingerprint density at radius 3 is 1.92 bits per heavy atom. The van der Waals surface area contributed by atoms with Gasteiger partial charge in [-0.15, -0.1) is 11.3 Å². The third kappa shape index (κ3) is 5.89. The standard InChI is InChI=1S/C58H37N3OS/c1-3-13-43(51-16-7-9-29-59-51)41(11-1)38-20-25-55-47(33-38)48-35-40(23-26-56(48)62-55)61-53-18-6-5-15-45(53)46-31-36(19-24-54(46)61)37-21-27-57-49(32-37)50-34-39(22-28-58(50)63-57)42-12-2-4-14-44(42)52-17-8-10-30-60-52/h1-32,34-35,38H,33H2. The van der Waals surface area contributed by atoms with Gasteiger partial charge >= 0.3 is 0 Å². The van der Waals surface area contributed by atoms with E-state index in [1.165, 1.54) is 80.9 Å². The predicted octanol–water partition coefficient (Wildman–Crippen LogP) is 15.7. The van der Waals surface area contributed by atoms with Crippen molar-refractivity contribution in [1.29, 1.82) is 0 Å². The maximum atomic E-state index is 6.50. The molecule has 0 amide bonds. The fourth-order valence-electron chi connectivity index (χ4n) is 9.96. The van der Waals surface area contributed by atoms with Gasteiger partial charge in [0.05, 0.1) is 22.4 Å². The van der Waals surface area contributed by atoms with Gasteiger partial charge in [0.1, 0.15) is 11.3 Å². The summed E-state index contributed by atoms with van der Waals surface area (Å²) < 4.78 is 11.5. The zero-order chi connectivity index (χ0) is 41.4. The highest BCUT2D eigenvalue weighted by Gasteiger charge is 2.25. The summed E-state index contributed by atoms with van der Waals surface area (Å²) in [4.78, 5) is 9.38. The van der Waals surface area contributed by atoms with E-state index in [4.69, 9.17) is 9.40 Å². The van der Waals surface area contributed by atoms with Gasteiger partial charge in [0.2, 0.25) is 0 Å². The van der Waals surface area contributed by atoms with Crippen molar-refractivity contribution in [2.24, 2.45) is 0 Å². The molecule has 0 saturated carbocycles. The minimum atomic E-state index is 0.203. The lowest BCUT2D eigenvalue weighted by Gasteiger charge is -2.20. The van der Waals surface area contributed by atoms with E-state index in [0.717, 1.165) is 45.8 Å². The summed E-state index contributed by atoms with van der Waals surface area (Å²) in [5.41, 5.74) is 16.0. The minimum Gasteiger partial charge on any atom is -0.456 e. The Hall–Kier alpha value is -7.86. The van der Waals surface area contributed by atoms with Crippen molar-refractivity contribution >= 4 is 70.4 Å². The maximum absolute atomic E-state index is 6.50. The highest BCUT2D eigenvalue weighted by molar-refractivity contribution is 7.25. The summed E-state index contributed by atoms with van der Waals surface area (Å²) in [7, 11) is 0. The number of thiophene rings is 1. The van der Waals surface area contributed by atoms with Crippen LogP contribution in [0.2, 0.25) is 0 Å². The number of pyridine rings is 2. The number of para-hydroxylation sites is 1. The van der Waals surface area contributed by atoms with Crippen molar-refractivity contribution in [2.75, 3.05) is 0 Å². The van der Waals surface area contributed by atoms with Crippen LogP contribution in [0.25, 0.3) is 109 Å². The summed E-state index contributed by atoms with van der Waals surface area (Å²) in [5, 5.41) is 6.18. The Morgan fingerprint density at radius 2 is 1.13 bits per heavy atom. The lowest BCUT2D eigenvalue weighted by Crippen LogP contribution is -2.06. The lowest BCUT2D eigenvalue weighted by molar-refractivity contribution is 0.592. The second kappa shape index (κ2) is 14.4. The molecule has 1 aliphatic carbocycles. The van der Waals surface area contributed by atoms with Gasteiger partial charge in [-0.3, -0.25) is 9.97 Å². The molecule has 5 heterocycles. The van der Waals surface area contributed by atoms with E-state index in [2.05, 4.69) is 192 Å². The first-order valence-electron chi connectivity index (χ1n) is 21.5. The van der Waals surface area contributed by atoms with Crippen LogP contribution in [0, 0.1) is 0 Å². The van der Waals surface area contributed by atoms with E-state index in [1.807, 2.05) is 35.9 Å². The van der Waals surface area contributed by atoms with Crippen LogP contribution >= 0.6 is 11.3 Å². The van der Waals surface area contributed by atoms with Gasteiger partial charge in [-0.25, -0.2) is 0 Å². The number of hydrogen-bond donors (Lipinski definition) is 0. The molecule has 1 atom stereocenters. The van der Waals surface area contributed by atoms with Crippen molar-refractivity contribution in [1.82, 2.24) is 14.5 Å². The molecule has 1 unspecified atom stereocenters. The molecule has 7 aromatic carbocycles. The van der Waals surface area contributed by atoms with Crippen LogP contribution < -0.4 is 0 Å². The third-order valence-electron chi connectivity index (χ3n) is 12.9. The van der Waals surface area contributed by atoms with E-state index < -0.39 is 0 Å². The van der Waals surface area contributed by atoms with Crippen LogP contribution in [0.4, 0.5) is 0 Å². The van der Waals surface area contributed by atoms with Gasteiger partial charge in [-0.05, 0) is 125 Å². The predicted molar refractivity (Wildman–Crippen MR) is 263 cm³/mol. The Labute approximate surface area is 367 Å². The van der Waals surface area contributed by atoms with E-state index in [0.29, 0.717) is 0 Å². The van der Waals surface area contributed by atoms with E-state index in [9.17, 15) is 0 Å². The molecule has 4 nitrogen and oxygen atoms in total. The van der Waals surface area contributed by atoms with Crippen LogP contribution in [0.15, 0.2) is 205 Å². The molecular weight excluding hydrogens is 787 g/mol. The molecule has 0 saturated heterocycles. The number of rotatable bonds is 6. The third-order valence-corrected chi connectivity index (χ3v) is 14.1. The van der Waals surface area contributed by atoms with E-state index in [1.54, 1.807) is 0 Å². The van der Waals surface area contributed by atoms with Gasteiger partial charge in [-0.2, -0.15) is 0 Å². The number of aromatic nitrogens is 3. The van der Waals surface area contributed by atoms with Crippen LogP contribution in [0.1, 0.15) is 22.8 Å². The van der Waals surface area contributed by atoms with Gasteiger partial charge in [0, 0.05) is 77.0 Å². The summed E-state index contributed by atoms with van der Waals surface area (Å²) >= 11 is 1.86. The second-order valence-corrected chi connectivity index (χ2v) is 17.6. The fourth-order valence-corrected chi connectivity index (χ4v) is 11.0. The van der Waals surface area contributed by atoms with Gasteiger partial charge in [0.25, 0.3) is 0 Å². The first kappa shape index (κ1) is 35.9. The molecule has 1 aliphatic rings.